The number of nitrogens with two attached hydrogens (primary N) is 2. The molecule has 10 nitrogen and oxygen atoms in total. The first-order chi connectivity index (χ1) is 16.7. The number of carboxylic acids is 1. The molecule has 8 N–H and O–H groups in total. The number of benzene rings is 2. The van der Waals surface area contributed by atoms with Gasteiger partial charge in [-0.2, -0.15) is 0 Å². The van der Waals surface area contributed by atoms with Crippen LogP contribution in [0, 0.1) is 0 Å². The highest BCUT2D eigenvalue weighted by Crippen LogP contribution is 2.27. The first-order valence-electron chi connectivity index (χ1n) is 10.7. The minimum atomic E-state index is -4.01. The molecule has 0 bridgehead atoms. The molecule has 3 aromatic rings. The van der Waals surface area contributed by atoms with Gasteiger partial charge < -0.3 is 21.9 Å². The van der Waals surface area contributed by atoms with Gasteiger partial charge in [0.2, 0.25) is 0 Å². The predicted molar refractivity (Wildman–Crippen MR) is 135 cm³/mol. The van der Waals surface area contributed by atoms with E-state index in [2.05, 4.69) is 15.4 Å². The van der Waals surface area contributed by atoms with E-state index in [0.717, 1.165) is 22.5 Å². The first-order valence-corrected chi connectivity index (χ1v) is 13.1. The van der Waals surface area contributed by atoms with Gasteiger partial charge in [0.1, 0.15) is 17.2 Å². The Balaban J connectivity index is 1.73. The van der Waals surface area contributed by atoms with Crippen molar-refractivity contribution in [2.24, 2.45) is 11.5 Å². The zero-order valence-electron chi connectivity index (χ0n) is 18.7. The summed E-state index contributed by atoms with van der Waals surface area (Å²) in [7, 11) is -4.01. The SMILES string of the molecule is NC(N)NCCC[C@H](NC(=O)c1sccc1NS(=O)(=O)c1cccc(-c2ccccc2)c1)C(=O)O. The number of carbonyl (C=O) groups excluding carboxylic acids is 1. The average molecular weight is 518 g/mol. The molecule has 0 aliphatic carbocycles. The van der Waals surface area contributed by atoms with Gasteiger partial charge in [-0.3, -0.25) is 14.8 Å². The predicted octanol–water partition coefficient (Wildman–Crippen LogP) is 1.97. The number of anilines is 1. The van der Waals surface area contributed by atoms with Gasteiger partial charge in [-0.05, 0) is 54.1 Å². The van der Waals surface area contributed by atoms with Gasteiger partial charge in [-0.25, -0.2) is 13.2 Å². The fourth-order valence-electron chi connectivity index (χ4n) is 3.30. The number of hydrogen-bond acceptors (Lipinski definition) is 8. The average Bonchev–Trinajstić information content (AvgIpc) is 3.29. The minimum Gasteiger partial charge on any atom is -0.480 e. The second kappa shape index (κ2) is 11.9. The van der Waals surface area contributed by atoms with E-state index in [1.54, 1.807) is 23.6 Å². The Bertz CT molecular complexity index is 1260. The molecule has 0 saturated carbocycles. The van der Waals surface area contributed by atoms with Crippen molar-refractivity contribution in [2.45, 2.75) is 30.1 Å². The van der Waals surface area contributed by atoms with Crippen LogP contribution in [0.1, 0.15) is 22.5 Å². The highest BCUT2D eigenvalue weighted by molar-refractivity contribution is 7.92. The molecule has 12 heteroatoms. The van der Waals surface area contributed by atoms with Gasteiger partial charge in [-0.1, -0.05) is 42.5 Å². The van der Waals surface area contributed by atoms with Crippen LogP contribution in [-0.4, -0.2) is 44.3 Å². The van der Waals surface area contributed by atoms with Crippen molar-refractivity contribution in [3.8, 4) is 11.1 Å². The van der Waals surface area contributed by atoms with Crippen molar-refractivity contribution in [1.29, 1.82) is 0 Å². The van der Waals surface area contributed by atoms with Gasteiger partial charge in [-0.15, -0.1) is 11.3 Å². The Kier molecular flexibility index (Phi) is 8.95. The molecule has 2 aromatic carbocycles. The van der Waals surface area contributed by atoms with Gasteiger partial charge in [0, 0.05) is 0 Å². The Hall–Kier alpha value is -3.29. The van der Waals surface area contributed by atoms with Crippen LogP contribution < -0.4 is 26.8 Å². The van der Waals surface area contributed by atoms with Crippen molar-refractivity contribution in [2.75, 3.05) is 11.3 Å². The molecule has 0 fully saturated rings. The largest absolute Gasteiger partial charge is 0.480 e. The van der Waals surface area contributed by atoms with Gasteiger partial charge >= 0.3 is 5.97 Å². The third kappa shape index (κ3) is 7.34. The summed E-state index contributed by atoms with van der Waals surface area (Å²) in [5.74, 6) is -1.89. The van der Waals surface area contributed by atoms with E-state index in [1.165, 1.54) is 12.1 Å². The van der Waals surface area contributed by atoms with E-state index in [1.807, 2.05) is 30.3 Å². The lowest BCUT2D eigenvalue weighted by atomic mass is 10.1. The lowest BCUT2D eigenvalue weighted by Gasteiger charge is -2.16. The second-order valence-electron chi connectivity index (χ2n) is 7.65. The van der Waals surface area contributed by atoms with Crippen LogP contribution in [-0.2, 0) is 14.8 Å². The molecule has 0 aliphatic heterocycles. The van der Waals surface area contributed by atoms with E-state index in [-0.39, 0.29) is 21.9 Å². The minimum absolute atomic E-state index is 0.0328. The number of thiophene rings is 1. The lowest BCUT2D eigenvalue weighted by molar-refractivity contribution is -0.139. The Morgan fingerprint density at radius 1 is 1.00 bits per heavy atom. The van der Waals surface area contributed by atoms with E-state index in [4.69, 9.17) is 11.5 Å². The topological polar surface area (TPSA) is 177 Å². The fraction of sp³-hybridized carbons (Fsp3) is 0.217. The maximum absolute atomic E-state index is 13.1. The standard InChI is InChI=1S/C23H27N5O5S2/c24-23(25)26-12-5-10-19(22(30)31)27-21(29)20-18(11-13-34-20)28-35(32,33)17-9-4-8-16(14-17)15-6-2-1-3-7-15/h1-4,6-9,11,13-14,19,23,26,28H,5,10,12,24-25H2,(H,27,29)(H,30,31)/t19-/m0/s1. The second-order valence-corrected chi connectivity index (χ2v) is 10.2. The molecule has 1 aromatic heterocycles. The Morgan fingerprint density at radius 3 is 2.40 bits per heavy atom. The van der Waals surface area contributed by atoms with Gasteiger partial charge in [0.15, 0.2) is 0 Å². The monoisotopic (exact) mass is 517 g/mol. The van der Waals surface area contributed by atoms with Crippen LogP contribution in [0.15, 0.2) is 70.9 Å². The molecule has 35 heavy (non-hydrogen) atoms. The molecule has 1 amide bonds. The van der Waals surface area contributed by atoms with Crippen LogP contribution in [0.4, 0.5) is 5.69 Å². The van der Waals surface area contributed by atoms with Crippen molar-refractivity contribution in [3.05, 3.63) is 70.9 Å². The third-order valence-electron chi connectivity index (χ3n) is 5.02. The van der Waals surface area contributed by atoms with Crippen LogP contribution in [0.25, 0.3) is 11.1 Å². The number of carbonyl (C=O) groups is 2. The molecule has 1 atom stereocenters. The smallest absolute Gasteiger partial charge is 0.326 e. The molecule has 0 saturated heterocycles. The maximum Gasteiger partial charge on any atom is 0.326 e. The molecular weight excluding hydrogens is 490 g/mol. The number of rotatable bonds is 12. The highest BCUT2D eigenvalue weighted by atomic mass is 32.2. The zero-order chi connectivity index (χ0) is 25.4. The summed E-state index contributed by atoms with van der Waals surface area (Å²) in [5.41, 5.74) is 12.4. The summed E-state index contributed by atoms with van der Waals surface area (Å²) in [4.78, 5) is 24.5. The molecule has 3 rings (SSSR count). The summed E-state index contributed by atoms with van der Waals surface area (Å²) in [6.07, 6.45) is -0.175. The third-order valence-corrected chi connectivity index (χ3v) is 7.30. The van der Waals surface area contributed by atoms with Crippen molar-refractivity contribution in [1.82, 2.24) is 10.6 Å². The summed E-state index contributed by atoms with van der Waals surface area (Å²) in [6.45, 7) is 0.378. The normalized spacial score (nSPS) is 12.3. The molecule has 186 valence electrons. The zero-order valence-corrected chi connectivity index (χ0v) is 20.3. The summed E-state index contributed by atoms with van der Waals surface area (Å²) in [6, 6.07) is 16.1. The van der Waals surface area contributed by atoms with Crippen LogP contribution in [0.5, 0.6) is 0 Å². The van der Waals surface area contributed by atoms with E-state index < -0.39 is 34.2 Å². The first kappa shape index (κ1) is 26.3. The van der Waals surface area contributed by atoms with Crippen molar-refractivity contribution in [3.63, 3.8) is 0 Å². The van der Waals surface area contributed by atoms with Crippen LogP contribution >= 0.6 is 11.3 Å². The molecule has 0 aliphatic rings. The van der Waals surface area contributed by atoms with Gasteiger partial charge in [0.05, 0.1) is 10.6 Å². The van der Waals surface area contributed by atoms with Crippen LogP contribution in [0.3, 0.4) is 0 Å². The molecular formula is C23H27N5O5S2. The summed E-state index contributed by atoms with van der Waals surface area (Å²) >= 11 is 1.00. The van der Waals surface area contributed by atoms with Gasteiger partial charge in [0.25, 0.3) is 15.9 Å². The maximum atomic E-state index is 13.1. The van der Waals surface area contributed by atoms with E-state index >= 15 is 0 Å². The molecule has 0 spiro atoms. The summed E-state index contributed by atoms with van der Waals surface area (Å²) < 4.78 is 28.6. The number of sulfonamides is 1. The number of aliphatic carboxylic acids is 1. The number of amides is 1. The number of hydrogen-bond donors (Lipinski definition) is 6. The lowest BCUT2D eigenvalue weighted by Crippen LogP contribution is -2.46. The molecule has 0 radical (unpaired) electrons. The van der Waals surface area contributed by atoms with Crippen molar-refractivity contribution < 1.29 is 23.1 Å². The Morgan fingerprint density at radius 2 is 1.71 bits per heavy atom. The Labute approximate surface area is 207 Å². The van der Waals surface area contributed by atoms with E-state index in [0.29, 0.717) is 13.0 Å². The van der Waals surface area contributed by atoms with E-state index in [9.17, 15) is 23.1 Å². The quantitative estimate of drug-likeness (QED) is 0.156. The van der Waals surface area contributed by atoms with Crippen molar-refractivity contribution >= 4 is 38.9 Å². The molecule has 1 heterocycles. The fourth-order valence-corrected chi connectivity index (χ4v) is 5.23. The number of carboxylic acid groups (broad SMARTS) is 1. The summed E-state index contributed by atoms with van der Waals surface area (Å²) in [5, 5.41) is 16.2. The van der Waals surface area contributed by atoms with Crippen LogP contribution in [0.2, 0.25) is 0 Å². The number of nitrogens with one attached hydrogen (secondary N) is 3. The molecule has 0 unspecified atom stereocenters. The highest BCUT2D eigenvalue weighted by Gasteiger charge is 2.25.